The third-order valence-corrected chi connectivity index (χ3v) is 5.01. The molecule has 1 unspecified atom stereocenters. The largest absolute Gasteiger partial charge is 0.386 e. The molecule has 1 heterocycles. The Balaban J connectivity index is 1.50. The van der Waals surface area contributed by atoms with Crippen molar-refractivity contribution in [2.45, 2.75) is 18.9 Å². The minimum atomic E-state index is -0.722. The van der Waals surface area contributed by atoms with E-state index in [1.54, 1.807) is 12.1 Å². The predicted octanol–water partition coefficient (Wildman–Crippen LogP) is 3.82. The van der Waals surface area contributed by atoms with Gasteiger partial charge in [0.05, 0.1) is 0 Å². The van der Waals surface area contributed by atoms with Crippen molar-refractivity contribution < 1.29 is 14.3 Å². The molecule has 3 rings (SSSR count). The van der Waals surface area contributed by atoms with Crippen molar-refractivity contribution in [2.24, 2.45) is 0 Å². The first-order valence-electron chi connectivity index (χ1n) is 7.79. The molecule has 5 heteroatoms. The highest BCUT2D eigenvalue weighted by Crippen LogP contribution is 2.29. The van der Waals surface area contributed by atoms with Crippen molar-refractivity contribution in [3.05, 3.63) is 70.9 Å². The molecule has 0 aliphatic rings. The molecule has 0 radical (unpaired) electrons. The highest BCUT2D eigenvalue weighted by atomic mass is 32.1. The fourth-order valence-corrected chi connectivity index (χ4v) is 3.57. The first-order valence-corrected chi connectivity index (χ1v) is 8.61. The molecular weight excluding hydrogens is 325 g/mol. The highest BCUT2D eigenvalue weighted by molar-refractivity contribution is 7.19. The molecule has 124 valence electrons. The fraction of sp³-hybridized carbons (Fsp3) is 0.211. The van der Waals surface area contributed by atoms with Gasteiger partial charge in [0, 0.05) is 22.5 Å². The SMILES string of the molecule is O=C(CCc1cccc(F)c1)NCC(O)c1cc2ccccc2s1. The van der Waals surface area contributed by atoms with E-state index in [1.807, 2.05) is 30.3 Å². The van der Waals surface area contributed by atoms with E-state index >= 15 is 0 Å². The number of carbonyl (C=O) groups is 1. The Kier molecular flexibility index (Phi) is 5.23. The van der Waals surface area contributed by atoms with Crippen molar-refractivity contribution in [3.8, 4) is 0 Å². The fourth-order valence-electron chi connectivity index (χ4n) is 2.52. The van der Waals surface area contributed by atoms with Gasteiger partial charge in [-0.25, -0.2) is 4.39 Å². The number of amides is 1. The number of aliphatic hydroxyl groups excluding tert-OH is 1. The van der Waals surface area contributed by atoms with Crippen LogP contribution in [0.15, 0.2) is 54.6 Å². The Morgan fingerprint density at radius 2 is 2.00 bits per heavy atom. The molecule has 0 aliphatic carbocycles. The maximum atomic E-state index is 13.1. The second kappa shape index (κ2) is 7.55. The van der Waals surface area contributed by atoms with E-state index < -0.39 is 6.10 Å². The van der Waals surface area contributed by atoms with Crippen LogP contribution in [0.5, 0.6) is 0 Å². The number of hydrogen-bond donors (Lipinski definition) is 2. The summed E-state index contributed by atoms with van der Waals surface area (Å²) in [5.74, 6) is -0.451. The molecule has 0 saturated carbocycles. The molecule has 3 aromatic rings. The van der Waals surface area contributed by atoms with Crippen molar-refractivity contribution in [1.82, 2.24) is 5.32 Å². The second-order valence-corrected chi connectivity index (χ2v) is 6.75. The van der Waals surface area contributed by atoms with Crippen LogP contribution in [0.1, 0.15) is 23.0 Å². The van der Waals surface area contributed by atoms with Crippen LogP contribution in [0.4, 0.5) is 4.39 Å². The summed E-state index contributed by atoms with van der Waals surface area (Å²) in [5, 5.41) is 14.1. The Labute approximate surface area is 143 Å². The summed E-state index contributed by atoms with van der Waals surface area (Å²) in [6.45, 7) is 0.175. The number of nitrogens with one attached hydrogen (secondary N) is 1. The van der Waals surface area contributed by atoms with Gasteiger partial charge in [-0.2, -0.15) is 0 Å². The van der Waals surface area contributed by atoms with Crippen LogP contribution in [0.2, 0.25) is 0 Å². The summed E-state index contributed by atoms with van der Waals surface area (Å²) in [4.78, 5) is 12.7. The number of rotatable bonds is 6. The Morgan fingerprint density at radius 1 is 1.17 bits per heavy atom. The van der Waals surface area contributed by atoms with Gasteiger partial charge in [0.25, 0.3) is 0 Å². The lowest BCUT2D eigenvalue weighted by atomic mass is 10.1. The molecule has 0 spiro atoms. The van der Waals surface area contributed by atoms with Crippen molar-refractivity contribution >= 4 is 27.3 Å². The van der Waals surface area contributed by atoms with Crippen LogP contribution < -0.4 is 5.32 Å². The standard InChI is InChI=1S/C19H18FNO2S/c20-15-6-3-4-13(10-15)8-9-19(23)21-12-16(22)18-11-14-5-1-2-7-17(14)24-18/h1-7,10-11,16,22H,8-9,12H2,(H,21,23). The van der Waals surface area contributed by atoms with Gasteiger partial charge in [0.2, 0.25) is 5.91 Å². The summed E-state index contributed by atoms with van der Waals surface area (Å²) in [5.41, 5.74) is 0.787. The lowest BCUT2D eigenvalue weighted by Crippen LogP contribution is -2.28. The molecule has 24 heavy (non-hydrogen) atoms. The van der Waals surface area contributed by atoms with E-state index in [9.17, 15) is 14.3 Å². The minimum absolute atomic E-state index is 0.153. The van der Waals surface area contributed by atoms with Crippen molar-refractivity contribution in [1.29, 1.82) is 0 Å². The van der Waals surface area contributed by atoms with E-state index in [0.717, 1.165) is 20.5 Å². The summed E-state index contributed by atoms with van der Waals surface area (Å²) in [6, 6.07) is 16.1. The predicted molar refractivity (Wildman–Crippen MR) is 94.5 cm³/mol. The highest BCUT2D eigenvalue weighted by Gasteiger charge is 2.12. The molecule has 0 saturated heterocycles. The topological polar surface area (TPSA) is 49.3 Å². The molecular formula is C19H18FNO2S. The monoisotopic (exact) mass is 343 g/mol. The van der Waals surface area contributed by atoms with Crippen molar-refractivity contribution in [3.63, 3.8) is 0 Å². The van der Waals surface area contributed by atoms with Crippen LogP contribution in [0.25, 0.3) is 10.1 Å². The molecule has 0 bridgehead atoms. The third kappa shape index (κ3) is 4.19. The van der Waals surface area contributed by atoms with E-state index in [2.05, 4.69) is 5.32 Å². The number of fused-ring (bicyclic) bond motifs is 1. The minimum Gasteiger partial charge on any atom is -0.386 e. The number of aliphatic hydroxyl groups is 1. The van der Waals surface area contributed by atoms with Crippen LogP contribution in [-0.4, -0.2) is 17.6 Å². The van der Waals surface area contributed by atoms with Gasteiger partial charge >= 0.3 is 0 Å². The van der Waals surface area contributed by atoms with Gasteiger partial charge in [0.15, 0.2) is 0 Å². The van der Waals surface area contributed by atoms with Gasteiger partial charge in [-0.3, -0.25) is 4.79 Å². The first-order chi connectivity index (χ1) is 11.6. The normalized spacial score (nSPS) is 12.2. The summed E-state index contributed by atoms with van der Waals surface area (Å²) >= 11 is 1.53. The summed E-state index contributed by atoms with van der Waals surface area (Å²) in [7, 11) is 0. The smallest absolute Gasteiger partial charge is 0.220 e. The number of thiophene rings is 1. The van der Waals surface area contributed by atoms with Gasteiger partial charge in [0.1, 0.15) is 11.9 Å². The maximum Gasteiger partial charge on any atom is 0.220 e. The van der Waals surface area contributed by atoms with E-state index in [-0.39, 0.29) is 24.7 Å². The number of hydrogen-bond acceptors (Lipinski definition) is 3. The molecule has 0 aliphatic heterocycles. The maximum absolute atomic E-state index is 13.1. The second-order valence-electron chi connectivity index (χ2n) is 5.64. The number of halogens is 1. The van der Waals surface area contributed by atoms with E-state index in [0.29, 0.717) is 6.42 Å². The van der Waals surface area contributed by atoms with Gasteiger partial charge in [-0.1, -0.05) is 30.3 Å². The number of carbonyl (C=O) groups excluding carboxylic acids is 1. The van der Waals surface area contributed by atoms with E-state index in [1.165, 1.54) is 23.5 Å². The average Bonchev–Trinajstić information content (AvgIpc) is 3.02. The van der Waals surface area contributed by atoms with Gasteiger partial charge < -0.3 is 10.4 Å². The van der Waals surface area contributed by atoms with Crippen molar-refractivity contribution in [2.75, 3.05) is 6.54 Å². The zero-order valence-electron chi connectivity index (χ0n) is 13.0. The van der Waals surface area contributed by atoms with Crippen LogP contribution >= 0.6 is 11.3 Å². The number of aryl methyl sites for hydroxylation is 1. The van der Waals surface area contributed by atoms with Crippen LogP contribution in [0.3, 0.4) is 0 Å². The zero-order valence-corrected chi connectivity index (χ0v) is 13.9. The summed E-state index contributed by atoms with van der Waals surface area (Å²) in [6.07, 6.45) is 0.0195. The average molecular weight is 343 g/mol. The Bertz CT molecular complexity index is 813. The molecule has 0 fully saturated rings. The first kappa shape index (κ1) is 16.6. The quantitative estimate of drug-likeness (QED) is 0.715. The van der Waals surface area contributed by atoms with Gasteiger partial charge in [-0.15, -0.1) is 11.3 Å². The number of benzene rings is 2. The van der Waals surface area contributed by atoms with E-state index in [4.69, 9.17) is 0 Å². The molecule has 3 nitrogen and oxygen atoms in total. The molecule has 2 aromatic carbocycles. The third-order valence-electron chi connectivity index (χ3n) is 3.80. The Hall–Kier alpha value is -2.24. The lowest BCUT2D eigenvalue weighted by Gasteiger charge is -2.10. The van der Waals surface area contributed by atoms with Gasteiger partial charge in [-0.05, 0) is 41.6 Å². The van der Waals surface area contributed by atoms with Crippen LogP contribution in [-0.2, 0) is 11.2 Å². The molecule has 1 aromatic heterocycles. The van der Waals surface area contributed by atoms with Crippen LogP contribution in [0, 0.1) is 5.82 Å². The lowest BCUT2D eigenvalue weighted by molar-refractivity contribution is -0.121. The Morgan fingerprint density at radius 3 is 2.79 bits per heavy atom. The molecule has 2 N–H and O–H groups in total. The molecule has 1 atom stereocenters. The zero-order chi connectivity index (χ0) is 16.9. The molecule has 1 amide bonds. The summed E-state index contributed by atoms with van der Waals surface area (Å²) < 4.78 is 14.2.